The number of fused-ring (bicyclic) bond motifs is 1. The predicted molar refractivity (Wildman–Crippen MR) is 72.6 cm³/mol. The Morgan fingerprint density at radius 2 is 2.33 bits per heavy atom. The molecule has 0 spiro atoms. The largest absolute Gasteiger partial charge is 0.482 e. The van der Waals surface area contributed by atoms with E-state index in [-0.39, 0.29) is 12.5 Å². The molecule has 1 aromatic heterocycles. The van der Waals surface area contributed by atoms with Gasteiger partial charge in [0.05, 0.1) is 17.1 Å². The van der Waals surface area contributed by atoms with Crippen LogP contribution >= 0.6 is 11.3 Å². The Morgan fingerprint density at radius 3 is 3.11 bits per heavy atom. The number of nitrogens with one attached hydrogen (secondary N) is 2. The molecule has 6 heteroatoms. The van der Waals surface area contributed by atoms with Crippen LogP contribution in [0.4, 0.5) is 22.7 Å². The topological polar surface area (TPSA) is 76.4 Å². The van der Waals surface area contributed by atoms with Crippen molar-refractivity contribution in [3.05, 3.63) is 29.0 Å². The molecule has 3 rings (SSSR count). The van der Waals surface area contributed by atoms with Crippen molar-refractivity contribution in [2.24, 2.45) is 0 Å². The van der Waals surface area contributed by atoms with Crippen LogP contribution in [0, 0.1) is 0 Å². The molecule has 0 radical (unpaired) electrons. The average Bonchev–Trinajstić information content (AvgIpc) is 2.83. The molecular weight excluding hydrogens is 250 g/mol. The third kappa shape index (κ3) is 1.98. The zero-order valence-corrected chi connectivity index (χ0v) is 10.2. The minimum absolute atomic E-state index is 0.0315. The van der Waals surface area contributed by atoms with E-state index >= 15 is 0 Å². The molecule has 1 aromatic carbocycles. The van der Waals surface area contributed by atoms with Gasteiger partial charge in [0.15, 0.2) is 6.61 Å². The molecule has 5 nitrogen and oxygen atoms in total. The van der Waals surface area contributed by atoms with Gasteiger partial charge >= 0.3 is 0 Å². The Hall–Kier alpha value is -2.21. The van der Waals surface area contributed by atoms with Gasteiger partial charge in [-0.05, 0) is 17.5 Å². The van der Waals surface area contributed by atoms with E-state index in [1.54, 1.807) is 23.5 Å². The second-order valence-corrected chi connectivity index (χ2v) is 4.69. The molecule has 0 aliphatic carbocycles. The molecule has 1 aliphatic heterocycles. The number of carbonyl (C=O) groups excluding carboxylic acids is 1. The van der Waals surface area contributed by atoms with E-state index in [0.717, 1.165) is 11.4 Å². The van der Waals surface area contributed by atoms with E-state index in [0.29, 0.717) is 17.1 Å². The summed E-state index contributed by atoms with van der Waals surface area (Å²) in [6.45, 7) is 0.0315. The van der Waals surface area contributed by atoms with E-state index in [2.05, 4.69) is 10.6 Å². The van der Waals surface area contributed by atoms with Gasteiger partial charge in [-0.25, -0.2) is 0 Å². The first-order valence-corrected chi connectivity index (χ1v) is 6.32. The maximum atomic E-state index is 11.3. The molecule has 0 unspecified atom stereocenters. The van der Waals surface area contributed by atoms with Crippen LogP contribution in [-0.4, -0.2) is 12.5 Å². The quantitative estimate of drug-likeness (QED) is 0.725. The summed E-state index contributed by atoms with van der Waals surface area (Å²) in [6, 6.07) is 5.45. The van der Waals surface area contributed by atoms with Crippen molar-refractivity contribution in [2.75, 3.05) is 23.0 Å². The molecule has 0 fully saturated rings. The van der Waals surface area contributed by atoms with Crippen LogP contribution in [-0.2, 0) is 4.79 Å². The van der Waals surface area contributed by atoms with E-state index in [1.165, 1.54) is 0 Å². The van der Waals surface area contributed by atoms with Crippen molar-refractivity contribution in [2.45, 2.75) is 0 Å². The number of ether oxygens (including phenoxy) is 1. The summed E-state index contributed by atoms with van der Waals surface area (Å²) in [5.74, 6) is 0.441. The normalized spacial score (nSPS) is 13.4. The predicted octanol–water partition coefficient (Wildman–Crippen LogP) is 2.40. The molecule has 2 aromatic rings. The van der Waals surface area contributed by atoms with Crippen molar-refractivity contribution in [1.82, 2.24) is 0 Å². The molecule has 1 amide bonds. The summed E-state index contributed by atoms with van der Waals surface area (Å²) in [6.07, 6.45) is 0. The lowest BCUT2D eigenvalue weighted by Crippen LogP contribution is -2.25. The lowest BCUT2D eigenvalue weighted by Gasteiger charge is -2.20. The molecule has 2 heterocycles. The van der Waals surface area contributed by atoms with Crippen LogP contribution < -0.4 is 21.1 Å². The molecule has 92 valence electrons. The molecule has 0 bridgehead atoms. The maximum absolute atomic E-state index is 11.3. The number of carbonyl (C=O) groups is 1. The summed E-state index contributed by atoms with van der Waals surface area (Å²) in [5.41, 5.74) is 8.88. The van der Waals surface area contributed by atoms with Gasteiger partial charge in [-0.3, -0.25) is 4.79 Å². The Morgan fingerprint density at radius 1 is 1.44 bits per heavy atom. The highest BCUT2D eigenvalue weighted by Crippen LogP contribution is 2.36. The lowest BCUT2D eigenvalue weighted by atomic mass is 10.2. The van der Waals surface area contributed by atoms with Gasteiger partial charge in [-0.1, -0.05) is 0 Å². The minimum atomic E-state index is -0.159. The highest BCUT2D eigenvalue weighted by Gasteiger charge is 2.17. The number of benzene rings is 1. The first kappa shape index (κ1) is 10.9. The molecule has 0 saturated heterocycles. The fourth-order valence-corrected chi connectivity index (χ4v) is 2.33. The Bertz CT molecular complexity index is 596. The van der Waals surface area contributed by atoms with Crippen LogP contribution in [0.15, 0.2) is 29.0 Å². The standard InChI is InChI=1S/C12H11N3O2S/c13-8-3-11-10(15-12(16)5-17-11)4-9(8)14-7-1-2-18-6-7/h1-4,6,14H,5,13H2,(H,15,16). The Kier molecular flexibility index (Phi) is 2.56. The van der Waals surface area contributed by atoms with Gasteiger partial charge in [0.25, 0.3) is 5.91 Å². The maximum Gasteiger partial charge on any atom is 0.262 e. The van der Waals surface area contributed by atoms with Gasteiger partial charge in [0, 0.05) is 17.1 Å². The van der Waals surface area contributed by atoms with Crippen LogP contribution in [0.5, 0.6) is 5.75 Å². The van der Waals surface area contributed by atoms with Crippen molar-refractivity contribution >= 4 is 40.0 Å². The minimum Gasteiger partial charge on any atom is -0.482 e. The van der Waals surface area contributed by atoms with Crippen LogP contribution in [0.2, 0.25) is 0 Å². The molecule has 18 heavy (non-hydrogen) atoms. The van der Waals surface area contributed by atoms with Gasteiger partial charge in [0.2, 0.25) is 0 Å². The summed E-state index contributed by atoms with van der Waals surface area (Å²) < 4.78 is 5.29. The molecule has 0 atom stereocenters. The molecule has 1 aliphatic rings. The van der Waals surface area contributed by atoms with Gasteiger partial charge in [0.1, 0.15) is 5.75 Å². The average molecular weight is 261 g/mol. The number of hydrogen-bond donors (Lipinski definition) is 3. The summed E-state index contributed by atoms with van der Waals surface area (Å²) in [5, 5.41) is 9.90. The third-order valence-corrected chi connectivity index (χ3v) is 3.27. The van der Waals surface area contributed by atoms with Crippen LogP contribution in [0.25, 0.3) is 0 Å². The van der Waals surface area contributed by atoms with Crippen LogP contribution in [0.3, 0.4) is 0 Å². The number of rotatable bonds is 2. The van der Waals surface area contributed by atoms with E-state index in [9.17, 15) is 4.79 Å². The molecular formula is C12H11N3O2S. The summed E-state index contributed by atoms with van der Waals surface area (Å²) in [4.78, 5) is 11.3. The highest BCUT2D eigenvalue weighted by atomic mass is 32.1. The first-order chi connectivity index (χ1) is 8.72. The van der Waals surface area contributed by atoms with Crippen molar-refractivity contribution in [1.29, 1.82) is 0 Å². The van der Waals surface area contributed by atoms with Gasteiger partial charge in [-0.15, -0.1) is 0 Å². The third-order valence-electron chi connectivity index (χ3n) is 2.58. The van der Waals surface area contributed by atoms with Crippen molar-refractivity contribution < 1.29 is 9.53 Å². The monoisotopic (exact) mass is 261 g/mol. The lowest BCUT2D eigenvalue weighted by molar-refractivity contribution is -0.118. The highest BCUT2D eigenvalue weighted by molar-refractivity contribution is 7.08. The second kappa shape index (κ2) is 4.23. The number of nitrogens with two attached hydrogens (primary N) is 1. The number of thiophene rings is 1. The van der Waals surface area contributed by atoms with Crippen molar-refractivity contribution in [3.63, 3.8) is 0 Å². The zero-order chi connectivity index (χ0) is 12.5. The summed E-state index contributed by atoms with van der Waals surface area (Å²) >= 11 is 1.60. The van der Waals surface area contributed by atoms with Crippen LogP contribution in [0.1, 0.15) is 0 Å². The number of amides is 1. The smallest absolute Gasteiger partial charge is 0.262 e. The summed E-state index contributed by atoms with van der Waals surface area (Å²) in [7, 11) is 0. The number of nitrogen functional groups attached to an aromatic ring is 1. The van der Waals surface area contributed by atoms with Crippen molar-refractivity contribution in [3.8, 4) is 5.75 Å². The second-order valence-electron chi connectivity index (χ2n) is 3.91. The van der Waals surface area contributed by atoms with E-state index in [4.69, 9.17) is 10.5 Å². The van der Waals surface area contributed by atoms with Gasteiger partial charge < -0.3 is 21.1 Å². The fraction of sp³-hybridized carbons (Fsp3) is 0.0833. The van der Waals surface area contributed by atoms with E-state index < -0.39 is 0 Å². The number of anilines is 4. The Balaban J connectivity index is 1.95. The van der Waals surface area contributed by atoms with Gasteiger partial charge in [-0.2, -0.15) is 11.3 Å². The Labute approximate surface area is 108 Å². The fourth-order valence-electron chi connectivity index (χ4n) is 1.74. The molecule has 4 N–H and O–H groups in total. The SMILES string of the molecule is Nc1cc2c(cc1Nc1ccsc1)NC(=O)CO2. The zero-order valence-electron chi connectivity index (χ0n) is 9.40. The molecule has 0 saturated carbocycles. The van der Waals surface area contributed by atoms with E-state index in [1.807, 2.05) is 16.8 Å². The number of hydrogen-bond acceptors (Lipinski definition) is 5. The first-order valence-electron chi connectivity index (χ1n) is 5.38.